The molecule has 0 atom stereocenters. The highest BCUT2D eigenvalue weighted by atomic mass is 32.2. The van der Waals surface area contributed by atoms with Crippen LogP contribution in [0.2, 0.25) is 0 Å². The minimum Gasteiger partial charge on any atom is -0.326 e. The summed E-state index contributed by atoms with van der Waals surface area (Å²) in [6, 6.07) is 4.96. The second-order valence-electron chi connectivity index (χ2n) is 5.70. The maximum absolute atomic E-state index is 12.8. The van der Waals surface area contributed by atoms with E-state index in [1.165, 1.54) is 0 Å². The third-order valence-electron chi connectivity index (χ3n) is 3.69. The van der Waals surface area contributed by atoms with E-state index < -0.39 is 10.0 Å². The second-order valence-corrected chi connectivity index (χ2v) is 7.55. The van der Waals surface area contributed by atoms with Gasteiger partial charge in [-0.2, -0.15) is 4.31 Å². The number of sulfonamides is 1. The Morgan fingerprint density at radius 2 is 2.00 bits per heavy atom. The monoisotopic (exact) mass is 294 g/mol. The summed E-state index contributed by atoms with van der Waals surface area (Å²) in [6.07, 6.45) is 2.12. The number of hydrogen-bond donors (Lipinski definition) is 1. The van der Waals surface area contributed by atoms with E-state index in [1.807, 2.05) is 13.8 Å². The summed E-state index contributed by atoms with van der Waals surface area (Å²) in [5.74, 6) is -0.0857. The number of amides is 1. The molecule has 1 amide bonds. The Morgan fingerprint density at radius 3 is 2.60 bits per heavy atom. The first-order valence-corrected chi connectivity index (χ1v) is 8.30. The number of anilines is 1. The molecule has 6 heteroatoms. The number of nitrogens with one attached hydrogen (secondary N) is 1. The molecule has 1 aromatic rings. The molecule has 0 bridgehead atoms. The summed E-state index contributed by atoms with van der Waals surface area (Å²) in [4.78, 5) is 11.6. The summed E-state index contributed by atoms with van der Waals surface area (Å²) in [5, 5.41) is 2.72. The van der Waals surface area contributed by atoms with E-state index in [1.54, 1.807) is 22.5 Å². The molecule has 1 aliphatic heterocycles. The second kappa shape index (κ2) is 4.56. The molecule has 0 radical (unpaired) electrons. The highest BCUT2D eigenvalue weighted by molar-refractivity contribution is 7.89. The molecule has 0 unspecified atom stereocenters. The van der Waals surface area contributed by atoms with Gasteiger partial charge in [-0.1, -0.05) is 0 Å². The van der Waals surface area contributed by atoms with Crippen LogP contribution in [0.1, 0.15) is 32.3 Å². The van der Waals surface area contributed by atoms with E-state index in [0.717, 1.165) is 24.1 Å². The van der Waals surface area contributed by atoms with Crippen molar-refractivity contribution in [3.05, 3.63) is 23.8 Å². The topological polar surface area (TPSA) is 66.5 Å². The number of rotatable bonds is 4. The molecule has 108 valence electrons. The summed E-state index contributed by atoms with van der Waals surface area (Å²) < 4.78 is 27.1. The molecule has 1 N–H and O–H groups in total. The zero-order chi connectivity index (χ0) is 14.5. The zero-order valence-electron chi connectivity index (χ0n) is 11.6. The molecule has 1 fully saturated rings. The van der Waals surface area contributed by atoms with E-state index in [4.69, 9.17) is 0 Å². The summed E-state index contributed by atoms with van der Waals surface area (Å²) in [6.45, 7) is 3.79. The minimum absolute atomic E-state index is 0.0551. The average molecular weight is 294 g/mol. The van der Waals surface area contributed by atoms with Crippen LogP contribution >= 0.6 is 0 Å². The number of fused-ring (bicyclic) bond motifs is 1. The lowest BCUT2D eigenvalue weighted by atomic mass is 10.2. The third kappa shape index (κ3) is 2.23. The summed E-state index contributed by atoms with van der Waals surface area (Å²) >= 11 is 0. The van der Waals surface area contributed by atoms with Crippen molar-refractivity contribution < 1.29 is 13.2 Å². The van der Waals surface area contributed by atoms with E-state index >= 15 is 0 Å². The first-order valence-electron chi connectivity index (χ1n) is 6.86. The highest BCUT2D eigenvalue weighted by Gasteiger charge is 2.40. The molecular weight excluding hydrogens is 276 g/mol. The summed E-state index contributed by atoms with van der Waals surface area (Å²) in [7, 11) is -3.48. The van der Waals surface area contributed by atoms with Crippen molar-refractivity contribution in [2.24, 2.45) is 0 Å². The van der Waals surface area contributed by atoms with Gasteiger partial charge in [0.2, 0.25) is 15.9 Å². The van der Waals surface area contributed by atoms with Gasteiger partial charge in [0.25, 0.3) is 0 Å². The molecule has 3 rings (SSSR count). The fourth-order valence-corrected chi connectivity index (χ4v) is 4.65. The minimum atomic E-state index is -3.48. The smallest absolute Gasteiger partial charge is 0.243 e. The van der Waals surface area contributed by atoms with Crippen molar-refractivity contribution in [1.82, 2.24) is 4.31 Å². The standard InChI is InChI=1S/C14H18N2O3S/c1-9(2)16(11-3-4-11)20(18,19)12-5-6-13-10(7-12)8-14(17)15-13/h5-7,9,11H,3-4,8H2,1-2H3,(H,15,17). The first-order chi connectivity index (χ1) is 9.39. The van der Waals surface area contributed by atoms with Gasteiger partial charge in [0.05, 0.1) is 11.3 Å². The lowest BCUT2D eigenvalue weighted by Gasteiger charge is -2.26. The fraction of sp³-hybridized carbons (Fsp3) is 0.500. The van der Waals surface area contributed by atoms with Crippen molar-refractivity contribution in [3.8, 4) is 0 Å². The Morgan fingerprint density at radius 1 is 1.30 bits per heavy atom. The normalized spacial score (nSPS) is 18.5. The van der Waals surface area contributed by atoms with Gasteiger partial charge >= 0.3 is 0 Å². The van der Waals surface area contributed by atoms with E-state index in [-0.39, 0.29) is 29.3 Å². The zero-order valence-corrected chi connectivity index (χ0v) is 12.4. The van der Waals surface area contributed by atoms with Crippen molar-refractivity contribution in [1.29, 1.82) is 0 Å². The Hall–Kier alpha value is -1.40. The average Bonchev–Trinajstić information content (AvgIpc) is 3.07. The lowest BCUT2D eigenvalue weighted by Crippen LogP contribution is -2.38. The first kappa shape index (κ1) is 13.6. The molecule has 1 aromatic carbocycles. The molecule has 1 saturated carbocycles. The highest BCUT2D eigenvalue weighted by Crippen LogP contribution is 2.35. The van der Waals surface area contributed by atoms with Gasteiger partial charge in [-0.15, -0.1) is 0 Å². The Balaban J connectivity index is 1.99. The van der Waals surface area contributed by atoms with Crippen LogP contribution in [0.5, 0.6) is 0 Å². The van der Waals surface area contributed by atoms with Crippen LogP contribution in [0.4, 0.5) is 5.69 Å². The van der Waals surface area contributed by atoms with Gasteiger partial charge in [0, 0.05) is 17.8 Å². The van der Waals surface area contributed by atoms with Gasteiger partial charge in [-0.25, -0.2) is 8.42 Å². The number of benzene rings is 1. The quantitative estimate of drug-likeness (QED) is 0.920. The van der Waals surface area contributed by atoms with E-state index in [0.29, 0.717) is 0 Å². The number of carbonyl (C=O) groups excluding carboxylic acids is 1. The Kier molecular flexibility index (Phi) is 3.10. The molecule has 0 saturated heterocycles. The van der Waals surface area contributed by atoms with Crippen molar-refractivity contribution >= 4 is 21.6 Å². The van der Waals surface area contributed by atoms with Gasteiger partial charge in [0.15, 0.2) is 0 Å². The van der Waals surface area contributed by atoms with Gasteiger partial charge < -0.3 is 5.32 Å². The van der Waals surface area contributed by atoms with Crippen LogP contribution in [0.25, 0.3) is 0 Å². The van der Waals surface area contributed by atoms with Crippen molar-refractivity contribution in [2.45, 2.75) is 50.1 Å². The Labute approximate surface area is 119 Å². The summed E-state index contributed by atoms with van der Waals surface area (Å²) in [5.41, 5.74) is 1.48. The number of hydrogen-bond acceptors (Lipinski definition) is 3. The predicted molar refractivity (Wildman–Crippen MR) is 76.0 cm³/mol. The van der Waals surface area contributed by atoms with Gasteiger partial charge in [-0.3, -0.25) is 4.79 Å². The maximum atomic E-state index is 12.8. The van der Waals surface area contributed by atoms with Crippen LogP contribution < -0.4 is 5.32 Å². The number of carbonyl (C=O) groups is 1. The molecular formula is C14H18N2O3S. The molecule has 2 aliphatic rings. The number of nitrogens with zero attached hydrogens (tertiary/aromatic N) is 1. The third-order valence-corrected chi connectivity index (χ3v) is 5.82. The SMILES string of the molecule is CC(C)N(C1CC1)S(=O)(=O)c1ccc2c(c1)CC(=O)N2. The largest absolute Gasteiger partial charge is 0.326 e. The van der Waals surface area contributed by atoms with Crippen LogP contribution in [0, 0.1) is 0 Å². The van der Waals surface area contributed by atoms with Crippen LogP contribution in [-0.4, -0.2) is 30.7 Å². The van der Waals surface area contributed by atoms with Crippen LogP contribution in [0.15, 0.2) is 23.1 Å². The molecule has 0 aromatic heterocycles. The molecule has 1 aliphatic carbocycles. The molecule has 20 heavy (non-hydrogen) atoms. The van der Waals surface area contributed by atoms with Crippen molar-refractivity contribution in [3.63, 3.8) is 0 Å². The van der Waals surface area contributed by atoms with Gasteiger partial charge in [0.1, 0.15) is 0 Å². The predicted octanol–water partition coefficient (Wildman–Crippen LogP) is 1.74. The van der Waals surface area contributed by atoms with E-state index in [2.05, 4.69) is 5.32 Å². The lowest BCUT2D eigenvalue weighted by molar-refractivity contribution is -0.115. The molecule has 0 spiro atoms. The van der Waals surface area contributed by atoms with Crippen molar-refractivity contribution in [2.75, 3.05) is 5.32 Å². The van der Waals surface area contributed by atoms with Crippen LogP contribution in [-0.2, 0) is 21.2 Å². The van der Waals surface area contributed by atoms with Crippen LogP contribution in [0.3, 0.4) is 0 Å². The maximum Gasteiger partial charge on any atom is 0.243 e. The van der Waals surface area contributed by atoms with Gasteiger partial charge in [-0.05, 0) is 50.5 Å². The fourth-order valence-electron chi connectivity index (χ4n) is 2.71. The molecule has 5 nitrogen and oxygen atoms in total. The Bertz CT molecular complexity index is 661. The molecule has 1 heterocycles. The van der Waals surface area contributed by atoms with E-state index in [9.17, 15) is 13.2 Å².